The van der Waals surface area contributed by atoms with Crippen LogP contribution in [0, 0.1) is 0 Å². The van der Waals surface area contributed by atoms with E-state index in [1.165, 1.54) is 133 Å². The molecule has 2 aliphatic rings. The Hall–Kier alpha value is -6.10. The second kappa shape index (κ2) is 13.0. The van der Waals surface area contributed by atoms with E-state index in [2.05, 4.69) is 189 Å². The van der Waals surface area contributed by atoms with Crippen molar-refractivity contribution in [2.45, 2.75) is 58.8 Å². The van der Waals surface area contributed by atoms with Crippen LogP contribution in [0.5, 0.6) is 0 Å². The molecular weight excluding hydrogens is 731 g/mol. The third-order valence-electron chi connectivity index (χ3n) is 13.3. The number of aromatic nitrogens is 1. The maximum atomic E-state index is 2.71. The molecule has 2 aliphatic heterocycles. The van der Waals surface area contributed by atoms with Crippen LogP contribution < -0.4 is 15.7 Å². The maximum absolute atomic E-state index is 2.71. The molecule has 8 aromatic carbocycles. The molecule has 284 valence electrons. The number of aryl methyl sites for hydroxylation is 1. The number of thiophene rings is 1. The van der Waals surface area contributed by atoms with Crippen molar-refractivity contribution in [3.8, 4) is 27.9 Å². The minimum absolute atomic E-state index is 0.0265. The van der Waals surface area contributed by atoms with Gasteiger partial charge in [-0.1, -0.05) is 144 Å². The smallest absolute Gasteiger partial charge is 0.333 e. The van der Waals surface area contributed by atoms with Gasteiger partial charge in [-0.25, -0.2) is 0 Å². The van der Waals surface area contributed by atoms with Crippen molar-refractivity contribution in [3.05, 3.63) is 163 Å². The molecule has 2 nitrogen and oxygen atoms in total. The van der Waals surface area contributed by atoms with Crippen LogP contribution in [0.25, 0.3) is 80.7 Å². The van der Waals surface area contributed by atoms with Crippen LogP contribution in [-0.2, 0) is 11.8 Å². The summed E-state index contributed by atoms with van der Waals surface area (Å²) < 4.78 is 5.31. The van der Waals surface area contributed by atoms with Gasteiger partial charge in [-0.2, -0.15) is 0 Å². The molecule has 0 unspecified atom stereocenters. The third kappa shape index (κ3) is 5.12. The number of anilines is 2. The summed E-state index contributed by atoms with van der Waals surface area (Å²) in [4.78, 5) is 2.71. The van der Waals surface area contributed by atoms with E-state index in [1.54, 1.807) is 0 Å². The molecule has 0 saturated heterocycles. The van der Waals surface area contributed by atoms with Crippen molar-refractivity contribution in [2.75, 3.05) is 4.81 Å². The van der Waals surface area contributed by atoms with E-state index in [9.17, 15) is 0 Å². The van der Waals surface area contributed by atoms with Crippen LogP contribution in [0.2, 0.25) is 0 Å². The van der Waals surface area contributed by atoms with Gasteiger partial charge in [0.15, 0.2) is 0 Å². The van der Waals surface area contributed by atoms with Crippen LogP contribution in [0.4, 0.5) is 11.4 Å². The van der Waals surface area contributed by atoms with Gasteiger partial charge in [0, 0.05) is 53.6 Å². The molecule has 0 radical (unpaired) electrons. The van der Waals surface area contributed by atoms with E-state index < -0.39 is 0 Å². The largest absolute Gasteiger partial charge is 0.376 e. The summed E-state index contributed by atoms with van der Waals surface area (Å²) in [6, 6.07) is 58.4. The molecule has 0 aliphatic carbocycles. The average molecular weight is 777 g/mol. The first-order valence-corrected chi connectivity index (χ1v) is 22.3. The van der Waals surface area contributed by atoms with Crippen molar-refractivity contribution >= 4 is 93.2 Å². The van der Waals surface area contributed by atoms with Gasteiger partial charge in [-0.05, 0) is 116 Å². The van der Waals surface area contributed by atoms with Crippen molar-refractivity contribution < 1.29 is 0 Å². The Balaban J connectivity index is 1.28. The Bertz CT molecular complexity index is 3330. The summed E-state index contributed by atoms with van der Waals surface area (Å²) in [5.41, 5.74) is 17.2. The monoisotopic (exact) mass is 776 g/mol. The average Bonchev–Trinajstić information content (AvgIpc) is 3.81. The summed E-state index contributed by atoms with van der Waals surface area (Å²) in [7, 11) is 0. The maximum Gasteiger partial charge on any atom is 0.333 e. The first-order valence-electron chi connectivity index (χ1n) is 21.4. The zero-order chi connectivity index (χ0) is 39.6. The predicted molar refractivity (Wildman–Crippen MR) is 258 cm³/mol. The van der Waals surface area contributed by atoms with Crippen molar-refractivity contribution in [1.29, 1.82) is 0 Å². The van der Waals surface area contributed by atoms with E-state index in [-0.39, 0.29) is 12.3 Å². The Morgan fingerprint density at radius 2 is 1.37 bits per heavy atom. The fraction of sp³-hybridized carbons (Fsp3) is 0.164. The van der Waals surface area contributed by atoms with E-state index in [0.717, 1.165) is 6.42 Å². The summed E-state index contributed by atoms with van der Waals surface area (Å²) in [5.74, 6) is 0. The van der Waals surface area contributed by atoms with Gasteiger partial charge in [-0.3, -0.25) is 0 Å². The molecule has 2 aromatic heterocycles. The molecule has 0 atom stereocenters. The highest BCUT2D eigenvalue weighted by Gasteiger charge is 2.45. The zero-order valence-electron chi connectivity index (χ0n) is 34.1. The lowest BCUT2D eigenvalue weighted by molar-refractivity contribution is 0.590. The third-order valence-corrected chi connectivity index (χ3v) is 14.5. The van der Waals surface area contributed by atoms with E-state index in [1.807, 2.05) is 11.3 Å². The summed E-state index contributed by atoms with van der Waals surface area (Å²) in [5, 5.41) is 7.93. The minimum atomic E-state index is -0.0265. The van der Waals surface area contributed by atoms with Crippen molar-refractivity contribution in [1.82, 2.24) is 4.57 Å². The fourth-order valence-electron chi connectivity index (χ4n) is 10.5. The minimum Gasteiger partial charge on any atom is -0.376 e. The second-order valence-corrected chi connectivity index (χ2v) is 19.0. The number of hydrogen-bond donors (Lipinski definition) is 0. The summed E-state index contributed by atoms with van der Waals surface area (Å²) >= 11 is 1.91. The second-order valence-electron chi connectivity index (χ2n) is 17.9. The van der Waals surface area contributed by atoms with Crippen LogP contribution in [0.1, 0.15) is 58.1 Å². The normalized spacial score (nSPS) is 13.3. The number of rotatable bonds is 6. The van der Waals surface area contributed by atoms with Crippen LogP contribution in [0.15, 0.2) is 152 Å². The van der Waals surface area contributed by atoms with Gasteiger partial charge < -0.3 is 9.38 Å². The van der Waals surface area contributed by atoms with Gasteiger partial charge in [0.05, 0.1) is 11.0 Å². The molecule has 0 amide bonds. The van der Waals surface area contributed by atoms with Gasteiger partial charge in [0.25, 0.3) is 0 Å². The van der Waals surface area contributed by atoms with Crippen molar-refractivity contribution in [3.63, 3.8) is 0 Å². The molecule has 4 heterocycles. The van der Waals surface area contributed by atoms with E-state index in [0.29, 0.717) is 0 Å². The van der Waals surface area contributed by atoms with Gasteiger partial charge in [0.2, 0.25) is 0 Å². The lowest BCUT2D eigenvalue weighted by Crippen LogP contribution is -2.60. The van der Waals surface area contributed by atoms with E-state index >= 15 is 0 Å². The van der Waals surface area contributed by atoms with E-state index in [4.69, 9.17) is 0 Å². The molecule has 10 aromatic rings. The number of nitrogens with zero attached hydrogens (tertiary/aromatic N) is 2. The zero-order valence-corrected chi connectivity index (χ0v) is 35.0. The predicted octanol–water partition coefficient (Wildman–Crippen LogP) is 14.2. The number of hydrogen-bond acceptors (Lipinski definition) is 2. The number of fused-ring (bicyclic) bond motifs is 13. The Labute approximate surface area is 350 Å². The van der Waals surface area contributed by atoms with Crippen LogP contribution in [-0.4, -0.2) is 11.4 Å². The molecule has 4 heteroatoms. The SMILES string of the molecule is CCCCCc1ccc2c(c1)B1c3c(cc(-c4ccccc4)c4c5c6ccccc6ccc5n-2c34)-c2cc3c(cc2N1c1ccc(C(C)(C)C)cc1)sc1ccccc13. The number of benzene rings is 8. The lowest BCUT2D eigenvalue weighted by atomic mass is 9.43. The van der Waals surface area contributed by atoms with Crippen molar-refractivity contribution in [2.24, 2.45) is 0 Å². The first-order chi connectivity index (χ1) is 28.9. The lowest BCUT2D eigenvalue weighted by Gasteiger charge is -2.42. The molecule has 0 bridgehead atoms. The highest BCUT2D eigenvalue weighted by molar-refractivity contribution is 7.25. The topological polar surface area (TPSA) is 8.17 Å². The quantitative estimate of drug-likeness (QED) is 0.121. The molecule has 12 rings (SSSR count). The Morgan fingerprint density at radius 1 is 0.593 bits per heavy atom. The Morgan fingerprint density at radius 3 is 2.19 bits per heavy atom. The molecule has 0 spiro atoms. The van der Waals surface area contributed by atoms with Crippen LogP contribution in [0.3, 0.4) is 0 Å². The Kier molecular flexibility index (Phi) is 7.66. The summed E-state index contributed by atoms with van der Waals surface area (Å²) in [6.45, 7) is 9.22. The molecule has 0 fully saturated rings. The summed E-state index contributed by atoms with van der Waals surface area (Å²) in [6.07, 6.45) is 4.76. The van der Waals surface area contributed by atoms with Gasteiger partial charge in [-0.15, -0.1) is 11.3 Å². The standard InChI is InChI=1S/C55H45BN2S/c1-5-6-8-15-34-22-28-46-45(30-34)56-53-44(31-41(35-16-9-7-10-17-35)52-51-39-19-12-11-18-36(39)23-29-47(51)57(46)54(52)53)42-32-43-40-20-13-14-21-49(40)59-50(43)33-48(42)58(56)38-26-24-37(25-27-38)55(2,3)4/h7,9-14,16-33H,5-6,8,15H2,1-4H3. The fourth-order valence-corrected chi connectivity index (χ4v) is 11.6. The molecule has 0 saturated carbocycles. The molecular formula is C55H45BN2S. The van der Waals surface area contributed by atoms with Gasteiger partial charge in [0.1, 0.15) is 0 Å². The molecule has 59 heavy (non-hydrogen) atoms. The highest BCUT2D eigenvalue weighted by Crippen LogP contribution is 2.51. The molecule has 0 N–H and O–H groups in total. The van der Waals surface area contributed by atoms with Crippen LogP contribution >= 0.6 is 11.3 Å². The number of unbranched alkanes of at least 4 members (excludes halogenated alkanes) is 2. The van der Waals surface area contributed by atoms with Gasteiger partial charge >= 0.3 is 6.85 Å². The highest BCUT2D eigenvalue weighted by atomic mass is 32.1. The first kappa shape index (κ1) is 34.9.